The van der Waals surface area contributed by atoms with Crippen LogP contribution in [-0.2, 0) is 6.54 Å². The normalized spacial score (nSPS) is 11.3. The fourth-order valence-electron chi connectivity index (χ4n) is 2.10. The van der Waals surface area contributed by atoms with Crippen molar-refractivity contribution in [3.05, 3.63) is 35.7 Å². The number of aromatic nitrogens is 4. The fraction of sp³-hybridized carbons (Fsp3) is 0.231. The number of nitrogen functional groups attached to an aromatic ring is 1. The van der Waals surface area contributed by atoms with Crippen LogP contribution in [0.1, 0.15) is 13.3 Å². The first-order valence-corrected chi connectivity index (χ1v) is 6.53. The molecule has 3 aromatic heterocycles. The van der Waals surface area contributed by atoms with E-state index in [-0.39, 0.29) is 0 Å². The highest BCUT2D eigenvalue weighted by atomic mass is 35.5. The van der Waals surface area contributed by atoms with E-state index < -0.39 is 0 Å². The van der Waals surface area contributed by atoms with Crippen molar-refractivity contribution in [1.82, 2.24) is 19.2 Å². The first-order chi connectivity index (χ1) is 9.20. The molecule has 0 atom stereocenters. The van der Waals surface area contributed by atoms with Crippen molar-refractivity contribution in [2.45, 2.75) is 19.9 Å². The van der Waals surface area contributed by atoms with E-state index >= 15 is 0 Å². The third kappa shape index (κ3) is 1.96. The molecule has 0 saturated carbocycles. The summed E-state index contributed by atoms with van der Waals surface area (Å²) in [7, 11) is 0. The van der Waals surface area contributed by atoms with Crippen LogP contribution in [0, 0.1) is 0 Å². The molecule has 0 saturated heterocycles. The van der Waals surface area contributed by atoms with Crippen molar-refractivity contribution in [1.29, 1.82) is 0 Å². The van der Waals surface area contributed by atoms with Crippen LogP contribution < -0.4 is 5.73 Å². The maximum Gasteiger partial charge on any atom is 0.157 e. The average Bonchev–Trinajstić information content (AvgIpc) is 2.97. The van der Waals surface area contributed by atoms with Gasteiger partial charge in [-0.25, -0.2) is 4.98 Å². The molecule has 98 valence electrons. The van der Waals surface area contributed by atoms with Gasteiger partial charge in [0.1, 0.15) is 11.5 Å². The van der Waals surface area contributed by atoms with Gasteiger partial charge in [0.2, 0.25) is 0 Å². The summed E-state index contributed by atoms with van der Waals surface area (Å²) in [5, 5.41) is 4.88. The highest BCUT2D eigenvalue weighted by molar-refractivity contribution is 6.33. The number of fused-ring (bicyclic) bond motifs is 1. The second kappa shape index (κ2) is 4.59. The number of nitrogens with zero attached hydrogens (tertiary/aromatic N) is 4. The van der Waals surface area contributed by atoms with E-state index in [1.54, 1.807) is 16.7 Å². The number of imidazole rings is 1. The predicted octanol–water partition coefficient (Wildman–Crippen LogP) is 2.84. The standard InChI is InChI=1S/C13H14ClN5/c1-2-5-18-8-9(7-16-18)11-12(15)19-6-3-4-10(14)13(19)17-11/h3-4,6-8H,2,5,15H2,1H3. The molecule has 2 N–H and O–H groups in total. The van der Waals surface area contributed by atoms with E-state index in [9.17, 15) is 0 Å². The molecular weight excluding hydrogens is 262 g/mol. The van der Waals surface area contributed by atoms with Gasteiger partial charge in [-0.05, 0) is 18.6 Å². The minimum absolute atomic E-state index is 0.577. The molecular formula is C13H14ClN5. The Labute approximate surface area is 115 Å². The quantitative estimate of drug-likeness (QED) is 0.799. The van der Waals surface area contributed by atoms with Gasteiger partial charge >= 0.3 is 0 Å². The van der Waals surface area contributed by atoms with Gasteiger partial charge in [0.05, 0.1) is 11.2 Å². The summed E-state index contributed by atoms with van der Waals surface area (Å²) in [6.07, 6.45) is 6.62. The number of nitrogens with two attached hydrogens (primary N) is 1. The summed E-state index contributed by atoms with van der Waals surface area (Å²) in [4.78, 5) is 4.51. The summed E-state index contributed by atoms with van der Waals surface area (Å²) in [5.74, 6) is 0.577. The molecule has 6 heteroatoms. The van der Waals surface area contributed by atoms with Crippen LogP contribution in [0.2, 0.25) is 5.02 Å². The van der Waals surface area contributed by atoms with E-state index in [0.29, 0.717) is 16.5 Å². The lowest BCUT2D eigenvalue weighted by molar-refractivity contribution is 0.603. The Hall–Kier alpha value is -2.01. The number of hydrogen-bond donors (Lipinski definition) is 1. The minimum atomic E-state index is 0.577. The summed E-state index contributed by atoms with van der Waals surface area (Å²) in [6.45, 7) is 2.99. The van der Waals surface area contributed by atoms with Gasteiger partial charge in [0.25, 0.3) is 0 Å². The largest absolute Gasteiger partial charge is 0.383 e. The first kappa shape index (κ1) is 12.0. The molecule has 19 heavy (non-hydrogen) atoms. The summed E-state index contributed by atoms with van der Waals surface area (Å²) in [6, 6.07) is 3.64. The molecule has 0 aliphatic rings. The molecule has 0 fully saturated rings. The Morgan fingerprint density at radius 2 is 2.26 bits per heavy atom. The van der Waals surface area contributed by atoms with Crippen LogP contribution in [0.25, 0.3) is 16.9 Å². The molecule has 0 spiro atoms. The molecule has 3 rings (SSSR count). The van der Waals surface area contributed by atoms with Crippen molar-refractivity contribution in [2.75, 3.05) is 5.73 Å². The predicted molar refractivity (Wildman–Crippen MR) is 76.1 cm³/mol. The Morgan fingerprint density at radius 1 is 1.42 bits per heavy atom. The smallest absolute Gasteiger partial charge is 0.157 e. The maximum atomic E-state index is 6.13. The van der Waals surface area contributed by atoms with Gasteiger partial charge in [0.15, 0.2) is 5.65 Å². The van der Waals surface area contributed by atoms with Gasteiger partial charge in [-0.3, -0.25) is 9.08 Å². The van der Waals surface area contributed by atoms with E-state index in [1.807, 2.05) is 23.1 Å². The molecule has 3 aromatic rings. The lowest BCUT2D eigenvalue weighted by Crippen LogP contribution is -1.95. The lowest BCUT2D eigenvalue weighted by Gasteiger charge is -1.97. The maximum absolute atomic E-state index is 6.13. The Morgan fingerprint density at radius 3 is 3.00 bits per heavy atom. The van der Waals surface area contributed by atoms with Crippen LogP contribution in [0.15, 0.2) is 30.7 Å². The number of rotatable bonds is 3. The van der Waals surface area contributed by atoms with Gasteiger partial charge in [-0.1, -0.05) is 18.5 Å². The van der Waals surface area contributed by atoms with Gasteiger partial charge in [0, 0.05) is 24.5 Å². The number of hydrogen-bond acceptors (Lipinski definition) is 3. The second-order valence-corrected chi connectivity index (χ2v) is 4.79. The Kier molecular flexibility index (Phi) is 2.91. The average molecular weight is 276 g/mol. The molecule has 0 radical (unpaired) electrons. The van der Waals surface area contributed by atoms with Crippen LogP contribution in [0.3, 0.4) is 0 Å². The Balaban J connectivity index is 2.14. The van der Waals surface area contributed by atoms with Crippen molar-refractivity contribution in [3.63, 3.8) is 0 Å². The molecule has 5 nitrogen and oxygen atoms in total. The van der Waals surface area contributed by atoms with E-state index in [2.05, 4.69) is 17.0 Å². The number of pyridine rings is 1. The van der Waals surface area contributed by atoms with E-state index in [4.69, 9.17) is 17.3 Å². The van der Waals surface area contributed by atoms with Crippen molar-refractivity contribution < 1.29 is 0 Å². The van der Waals surface area contributed by atoms with E-state index in [1.165, 1.54) is 0 Å². The third-order valence-electron chi connectivity index (χ3n) is 3.00. The van der Waals surface area contributed by atoms with Crippen LogP contribution >= 0.6 is 11.6 Å². The van der Waals surface area contributed by atoms with Crippen LogP contribution in [0.5, 0.6) is 0 Å². The zero-order valence-electron chi connectivity index (χ0n) is 10.5. The molecule has 3 heterocycles. The SMILES string of the molecule is CCCn1cc(-c2nc3c(Cl)cccn3c2N)cn1. The van der Waals surface area contributed by atoms with Crippen molar-refractivity contribution in [2.24, 2.45) is 0 Å². The summed E-state index contributed by atoms with van der Waals surface area (Å²) in [5.41, 5.74) is 8.42. The molecule has 0 aliphatic carbocycles. The molecule has 0 aliphatic heterocycles. The van der Waals surface area contributed by atoms with Crippen molar-refractivity contribution in [3.8, 4) is 11.3 Å². The summed E-state index contributed by atoms with van der Waals surface area (Å²) < 4.78 is 3.68. The van der Waals surface area contributed by atoms with Gasteiger partial charge in [-0.2, -0.15) is 5.10 Å². The molecule has 0 aromatic carbocycles. The lowest BCUT2D eigenvalue weighted by atomic mass is 10.2. The zero-order valence-corrected chi connectivity index (χ0v) is 11.3. The third-order valence-corrected chi connectivity index (χ3v) is 3.29. The Bertz CT molecular complexity index is 728. The molecule has 0 bridgehead atoms. The highest BCUT2D eigenvalue weighted by Gasteiger charge is 2.14. The number of halogens is 1. The van der Waals surface area contributed by atoms with Crippen molar-refractivity contribution >= 4 is 23.1 Å². The summed E-state index contributed by atoms with van der Waals surface area (Å²) >= 11 is 6.13. The highest BCUT2D eigenvalue weighted by Crippen LogP contribution is 2.28. The first-order valence-electron chi connectivity index (χ1n) is 6.15. The fourth-order valence-corrected chi connectivity index (χ4v) is 2.31. The monoisotopic (exact) mass is 275 g/mol. The van der Waals surface area contributed by atoms with Gasteiger partial charge < -0.3 is 5.73 Å². The minimum Gasteiger partial charge on any atom is -0.383 e. The zero-order chi connectivity index (χ0) is 13.4. The number of anilines is 1. The van der Waals surface area contributed by atoms with Crippen LogP contribution in [-0.4, -0.2) is 19.2 Å². The number of aryl methyl sites for hydroxylation is 1. The van der Waals surface area contributed by atoms with E-state index in [0.717, 1.165) is 24.2 Å². The van der Waals surface area contributed by atoms with Crippen LogP contribution in [0.4, 0.5) is 5.82 Å². The molecule has 0 amide bonds. The molecule has 0 unspecified atom stereocenters. The topological polar surface area (TPSA) is 61.1 Å². The van der Waals surface area contributed by atoms with Gasteiger partial charge in [-0.15, -0.1) is 0 Å². The second-order valence-electron chi connectivity index (χ2n) is 4.39.